The lowest BCUT2D eigenvalue weighted by Crippen LogP contribution is -2.44. The number of amides is 4. The number of benzene rings is 2. The van der Waals surface area contributed by atoms with E-state index in [1.165, 1.54) is 11.3 Å². The van der Waals surface area contributed by atoms with E-state index in [1.54, 1.807) is 25.1 Å². The van der Waals surface area contributed by atoms with Crippen LogP contribution in [0.4, 0.5) is 4.79 Å². The minimum Gasteiger partial charge on any atom is -0.486 e. The zero-order valence-electron chi connectivity index (χ0n) is 18.4. The van der Waals surface area contributed by atoms with E-state index in [2.05, 4.69) is 10.6 Å². The number of rotatable bonds is 6. The Balaban J connectivity index is 1.34. The zero-order valence-corrected chi connectivity index (χ0v) is 19.3. The summed E-state index contributed by atoms with van der Waals surface area (Å²) in [7, 11) is 0. The van der Waals surface area contributed by atoms with Gasteiger partial charge in [-0.2, -0.15) is 0 Å². The van der Waals surface area contributed by atoms with E-state index < -0.39 is 23.4 Å². The third-order valence-electron chi connectivity index (χ3n) is 5.96. The van der Waals surface area contributed by atoms with E-state index in [1.807, 2.05) is 47.8 Å². The van der Waals surface area contributed by atoms with Gasteiger partial charge in [0.2, 0.25) is 5.91 Å². The summed E-state index contributed by atoms with van der Waals surface area (Å²) in [6.45, 7) is 2.10. The minimum atomic E-state index is -1.32. The van der Waals surface area contributed by atoms with Gasteiger partial charge >= 0.3 is 6.03 Å². The molecule has 0 spiro atoms. The van der Waals surface area contributed by atoms with E-state index in [4.69, 9.17) is 9.47 Å². The molecule has 0 bridgehead atoms. The van der Waals surface area contributed by atoms with Crippen molar-refractivity contribution in [3.05, 3.63) is 82.0 Å². The van der Waals surface area contributed by atoms with Crippen molar-refractivity contribution in [3.63, 3.8) is 0 Å². The van der Waals surface area contributed by atoms with Crippen LogP contribution in [-0.2, 0) is 15.1 Å². The predicted octanol–water partition coefficient (Wildman–Crippen LogP) is 3.19. The molecule has 3 heterocycles. The highest BCUT2D eigenvalue weighted by Gasteiger charge is 2.50. The summed E-state index contributed by atoms with van der Waals surface area (Å²) in [6, 6.07) is 17.6. The van der Waals surface area contributed by atoms with E-state index in [0.717, 1.165) is 15.3 Å². The molecule has 0 saturated carbocycles. The maximum absolute atomic E-state index is 13.3. The van der Waals surface area contributed by atoms with Crippen molar-refractivity contribution in [1.82, 2.24) is 15.5 Å². The van der Waals surface area contributed by atoms with Gasteiger partial charge in [-0.05, 0) is 41.6 Å². The standard InChI is InChI=1S/C25H23N3O5S/c1-25(17-9-10-18-19(14-17)33-12-11-32-18)23(30)28(24(31)27-25)15-21(29)26-22(20-8-5-13-34-20)16-6-3-2-4-7-16/h2-10,13-14,22H,11-12,15H2,1H3,(H,26,29)(H,27,31)/t22-,25+/m1/s1. The van der Waals surface area contributed by atoms with Crippen LogP contribution in [0.3, 0.4) is 0 Å². The summed E-state index contributed by atoms with van der Waals surface area (Å²) in [4.78, 5) is 41.0. The molecule has 2 aliphatic heterocycles. The van der Waals surface area contributed by atoms with Crippen molar-refractivity contribution in [1.29, 1.82) is 0 Å². The number of thiophene rings is 1. The first-order valence-electron chi connectivity index (χ1n) is 10.9. The van der Waals surface area contributed by atoms with Gasteiger partial charge in [-0.3, -0.25) is 14.5 Å². The number of hydrogen-bond acceptors (Lipinski definition) is 6. The Bertz CT molecular complexity index is 1230. The summed E-state index contributed by atoms with van der Waals surface area (Å²) in [5.41, 5.74) is 0.148. The average molecular weight is 478 g/mol. The molecule has 2 N–H and O–H groups in total. The molecule has 2 aliphatic rings. The SMILES string of the molecule is C[C@@]1(c2ccc3c(c2)OCCO3)NC(=O)N(CC(=O)N[C@H](c2ccccc2)c2cccs2)C1=O. The van der Waals surface area contributed by atoms with Crippen LogP contribution in [-0.4, -0.2) is 42.5 Å². The summed E-state index contributed by atoms with van der Waals surface area (Å²) in [5, 5.41) is 7.65. The minimum absolute atomic E-state index is 0.376. The Morgan fingerprint density at radius 1 is 1.09 bits per heavy atom. The Labute approximate surface area is 200 Å². The molecular weight excluding hydrogens is 454 g/mol. The molecule has 3 aromatic rings. The number of hydrogen-bond donors (Lipinski definition) is 2. The molecule has 0 aliphatic carbocycles. The van der Waals surface area contributed by atoms with Crippen LogP contribution in [0.5, 0.6) is 11.5 Å². The van der Waals surface area contributed by atoms with E-state index in [0.29, 0.717) is 30.3 Å². The molecule has 1 fully saturated rings. The molecule has 2 aromatic carbocycles. The van der Waals surface area contributed by atoms with Crippen molar-refractivity contribution < 1.29 is 23.9 Å². The predicted molar refractivity (Wildman–Crippen MR) is 126 cm³/mol. The van der Waals surface area contributed by atoms with Gasteiger partial charge < -0.3 is 20.1 Å². The third kappa shape index (κ3) is 3.99. The number of carbonyl (C=O) groups is 3. The summed E-state index contributed by atoms with van der Waals surface area (Å²) in [6.07, 6.45) is 0. The maximum atomic E-state index is 13.3. The van der Waals surface area contributed by atoms with Crippen molar-refractivity contribution in [2.45, 2.75) is 18.5 Å². The third-order valence-corrected chi connectivity index (χ3v) is 6.90. The Kier molecular flexibility index (Phi) is 5.70. The van der Waals surface area contributed by atoms with Gasteiger partial charge in [-0.25, -0.2) is 4.79 Å². The highest BCUT2D eigenvalue weighted by atomic mass is 32.1. The quantitative estimate of drug-likeness (QED) is 0.532. The van der Waals surface area contributed by atoms with Crippen LogP contribution in [0.2, 0.25) is 0 Å². The maximum Gasteiger partial charge on any atom is 0.325 e. The second-order valence-corrected chi connectivity index (χ2v) is 9.21. The first-order valence-corrected chi connectivity index (χ1v) is 11.8. The van der Waals surface area contributed by atoms with Gasteiger partial charge in [0, 0.05) is 4.88 Å². The lowest BCUT2D eigenvalue weighted by molar-refractivity contribution is -0.135. The Morgan fingerprint density at radius 3 is 2.59 bits per heavy atom. The molecule has 9 heteroatoms. The lowest BCUT2D eigenvalue weighted by Gasteiger charge is -2.25. The molecule has 0 radical (unpaired) electrons. The molecule has 174 valence electrons. The highest BCUT2D eigenvalue weighted by Crippen LogP contribution is 2.37. The number of imide groups is 1. The number of fused-ring (bicyclic) bond motifs is 1. The van der Waals surface area contributed by atoms with Gasteiger partial charge in [-0.15, -0.1) is 11.3 Å². The molecule has 5 rings (SSSR count). The number of ether oxygens (including phenoxy) is 2. The van der Waals surface area contributed by atoms with E-state index in [-0.39, 0.29) is 12.6 Å². The van der Waals surface area contributed by atoms with Gasteiger partial charge in [0.1, 0.15) is 25.3 Å². The Hall–Kier alpha value is -3.85. The first kappa shape index (κ1) is 22.0. The van der Waals surface area contributed by atoms with Crippen LogP contribution in [0.15, 0.2) is 66.0 Å². The smallest absolute Gasteiger partial charge is 0.325 e. The molecular formula is C25H23N3O5S. The molecule has 8 nitrogen and oxygen atoms in total. The molecule has 2 atom stereocenters. The molecule has 1 aromatic heterocycles. The van der Waals surface area contributed by atoms with Crippen LogP contribution in [0.25, 0.3) is 0 Å². The second-order valence-electron chi connectivity index (χ2n) is 8.23. The molecule has 1 saturated heterocycles. The molecule has 34 heavy (non-hydrogen) atoms. The van der Waals surface area contributed by atoms with Gasteiger partial charge in [0.05, 0.1) is 6.04 Å². The fourth-order valence-corrected chi connectivity index (χ4v) is 4.96. The van der Waals surface area contributed by atoms with Gasteiger partial charge in [0.25, 0.3) is 5.91 Å². The van der Waals surface area contributed by atoms with E-state index in [9.17, 15) is 14.4 Å². The van der Waals surface area contributed by atoms with Crippen LogP contribution >= 0.6 is 11.3 Å². The summed E-state index contributed by atoms with van der Waals surface area (Å²) < 4.78 is 11.2. The summed E-state index contributed by atoms with van der Waals surface area (Å²) >= 11 is 1.52. The van der Waals surface area contributed by atoms with E-state index >= 15 is 0 Å². The van der Waals surface area contributed by atoms with Gasteiger partial charge in [0.15, 0.2) is 11.5 Å². The summed E-state index contributed by atoms with van der Waals surface area (Å²) in [5.74, 6) is 0.172. The average Bonchev–Trinajstić information content (AvgIpc) is 3.46. The molecule has 0 unspecified atom stereocenters. The zero-order chi connectivity index (χ0) is 23.7. The topological polar surface area (TPSA) is 97.0 Å². The highest BCUT2D eigenvalue weighted by molar-refractivity contribution is 7.10. The van der Waals surface area contributed by atoms with Crippen LogP contribution in [0, 0.1) is 0 Å². The van der Waals surface area contributed by atoms with Crippen molar-refractivity contribution in [2.24, 2.45) is 0 Å². The Morgan fingerprint density at radius 2 is 1.85 bits per heavy atom. The largest absolute Gasteiger partial charge is 0.486 e. The number of nitrogens with zero attached hydrogens (tertiary/aromatic N) is 1. The fourth-order valence-electron chi connectivity index (χ4n) is 4.16. The lowest BCUT2D eigenvalue weighted by atomic mass is 9.91. The second kappa shape index (κ2) is 8.83. The number of carbonyl (C=O) groups excluding carboxylic acids is 3. The first-order chi connectivity index (χ1) is 16.5. The number of urea groups is 1. The van der Waals surface area contributed by atoms with Crippen LogP contribution < -0.4 is 20.1 Å². The monoisotopic (exact) mass is 477 g/mol. The fraction of sp³-hybridized carbons (Fsp3) is 0.240. The molecule has 4 amide bonds. The number of nitrogens with one attached hydrogen (secondary N) is 2. The van der Waals surface area contributed by atoms with Crippen molar-refractivity contribution in [2.75, 3.05) is 19.8 Å². The van der Waals surface area contributed by atoms with Crippen molar-refractivity contribution in [3.8, 4) is 11.5 Å². The van der Waals surface area contributed by atoms with Crippen LogP contribution in [0.1, 0.15) is 29.0 Å². The normalized spacial score (nSPS) is 20.1. The van der Waals surface area contributed by atoms with Gasteiger partial charge in [-0.1, -0.05) is 42.5 Å². The van der Waals surface area contributed by atoms with Crippen molar-refractivity contribution >= 4 is 29.2 Å².